The van der Waals surface area contributed by atoms with Crippen molar-refractivity contribution in [1.82, 2.24) is 4.57 Å². The van der Waals surface area contributed by atoms with Crippen LogP contribution in [0.3, 0.4) is 0 Å². The highest BCUT2D eigenvalue weighted by atomic mass is 16.5. The maximum absolute atomic E-state index is 13.3. The van der Waals surface area contributed by atoms with Crippen LogP contribution in [0, 0.1) is 6.92 Å². The molecule has 0 radical (unpaired) electrons. The van der Waals surface area contributed by atoms with Crippen LogP contribution in [-0.2, 0) is 4.74 Å². The van der Waals surface area contributed by atoms with Gasteiger partial charge in [0.1, 0.15) is 5.69 Å². The van der Waals surface area contributed by atoms with Gasteiger partial charge in [0.25, 0.3) is 0 Å². The van der Waals surface area contributed by atoms with Crippen molar-refractivity contribution < 1.29 is 19.1 Å². The summed E-state index contributed by atoms with van der Waals surface area (Å²) in [5, 5.41) is 0. The first-order valence-electron chi connectivity index (χ1n) is 8.72. The summed E-state index contributed by atoms with van der Waals surface area (Å²) in [5.74, 6) is -0.608. The van der Waals surface area contributed by atoms with E-state index in [1.807, 2.05) is 30.3 Å². The number of benzene rings is 2. The van der Waals surface area contributed by atoms with Crippen LogP contribution in [0.2, 0.25) is 0 Å². The SMILES string of the molecule is CCOC(=O)n1c(C)c(-c2ccccc2)c2c1C(=O)c1ccccc1C2=O. The highest BCUT2D eigenvalue weighted by molar-refractivity contribution is 6.31. The lowest BCUT2D eigenvalue weighted by molar-refractivity contribution is 0.0971. The summed E-state index contributed by atoms with van der Waals surface area (Å²) in [6.45, 7) is 3.59. The Morgan fingerprint density at radius 1 is 0.889 bits per heavy atom. The molecule has 2 aromatic carbocycles. The molecule has 4 rings (SSSR count). The maximum Gasteiger partial charge on any atom is 0.418 e. The summed E-state index contributed by atoms with van der Waals surface area (Å²) in [6.07, 6.45) is -0.658. The lowest BCUT2D eigenvalue weighted by Gasteiger charge is -2.17. The molecule has 0 spiro atoms. The Morgan fingerprint density at radius 2 is 1.48 bits per heavy atom. The monoisotopic (exact) mass is 359 g/mol. The Bertz CT molecular complexity index is 1090. The van der Waals surface area contributed by atoms with Crippen LogP contribution in [0.15, 0.2) is 54.6 Å². The molecular weight excluding hydrogens is 342 g/mol. The molecule has 5 nitrogen and oxygen atoms in total. The standard InChI is InChI=1S/C22H17NO4/c1-3-27-22(26)23-13(2)17(14-9-5-4-6-10-14)18-19(23)21(25)16-12-8-7-11-15(16)20(18)24/h4-12H,3H2,1-2H3. The lowest BCUT2D eigenvalue weighted by Crippen LogP contribution is -2.26. The van der Waals surface area contributed by atoms with Crippen LogP contribution in [0.25, 0.3) is 11.1 Å². The molecule has 0 saturated heterocycles. The summed E-state index contributed by atoms with van der Waals surface area (Å²) in [7, 11) is 0. The fourth-order valence-electron chi connectivity index (χ4n) is 3.64. The first-order valence-corrected chi connectivity index (χ1v) is 8.72. The Labute approximate surface area is 156 Å². The van der Waals surface area contributed by atoms with Gasteiger partial charge >= 0.3 is 6.09 Å². The molecule has 1 aliphatic carbocycles. The van der Waals surface area contributed by atoms with Gasteiger partial charge in [-0.1, -0.05) is 54.6 Å². The summed E-state index contributed by atoms with van der Waals surface area (Å²) in [5.41, 5.74) is 2.87. The van der Waals surface area contributed by atoms with Crippen LogP contribution in [0.5, 0.6) is 0 Å². The minimum atomic E-state index is -0.658. The van der Waals surface area contributed by atoms with E-state index in [0.717, 1.165) is 5.56 Å². The molecule has 3 aromatic rings. The van der Waals surface area contributed by atoms with Gasteiger partial charge in [0, 0.05) is 22.4 Å². The third-order valence-electron chi connectivity index (χ3n) is 4.78. The van der Waals surface area contributed by atoms with Gasteiger partial charge < -0.3 is 4.74 Å². The van der Waals surface area contributed by atoms with E-state index in [9.17, 15) is 14.4 Å². The summed E-state index contributed by atoms with van der Waals surface area (Å²) >= 11 is 0. The minimum Gasteiger partial charge on any atom is -0.449 e. The van der Waals surface area contributed by atoms with E-state index < -0.39 is 6.09 Å². The molecule has 0 N–H and O–H groups in total. The molecule has 1 aliphatic rings. The van der Waals surface area contributed by atoms with Gasteiger partial charge in [-0.15, -0.1) is 0 Å². The fraction of sp³-hybridized carbons (Fsp3) is 0.136. The molecule has 0 fully saturated rings. The Hall–Kier alpha value is -3.47. The van der Waals surface area contributed by atoms with Gasteiger partial charge in [-0.25, -0.2) is 9.36 Å². The number of ether oxygens (including phenoxy) is 1. The number of carbonyl (C=O) groups is 3. The van der Waals surface area contributed by atoms with Crippen molar-refractivity contribution in [3.8, 4) is 11.1 Å². The van der Waals surface area contributed by atoms with E-state index in [1.165, 1.54) is 4.57 Å². The largest absolute Gasteiger partial charge is 0.449 e. The van der Waals surface area contributed by atoms with Gasteiger partial charge in [0.15, 0.2) is 5.78 Å². The second-order valence-electron chi connectivity index (χ2n) is 6.29. The van der Waals surface area contributed by atoms with Gasteiger partial charge in [-0.05, 0) is 19.4 Å². The number of fused-ring (bicyclic) bond motifs is 2. The normalized spacial score (nSPS) is 12.5. The predicted octanol–water partition coefficient (Wildman–Crippen LogP) is 4.24. The van der Waals surface area contributed by atoms with Gasteiger partial charge in [0.2, 0.25) is 5.78 Å². The highest BCUT2D eigenvalue weighted by Crippen LogP contribution is 2.38. The van der Waals surface area contributed by atoms with Crippen LogP contribution in [-0.4, -0.2) is 28.8 Å². The van der Waals surface area contributed by atoms with Crippen molar-refractivity contribution in [2.24, 2.45) is 0 Å². The maximum atomic E-state index is 13.3. The Balaban J connectivity index is 2.08. The molecule has 0 amide bonds. The molecule has 5 heteroatoms. The number of nitrogens with zero attached hydrogens (tertiary/aromatic N) is 1. The first-order chi connectivity index (χ1) is 13.1. The first kappa shape index (κ1) is 17.0. The zero-order chi connectivity index (χ0) is 19.1. The second kappa shape index (κ2) is 6.36. The minimum absolute atomic E-state index is 0.0773. The molecule has 1 heterocycles. The number of aromatic nitrogens is 1. The van der Waals surface area contributed by atoms with Crippen LogP contribution < -0.4 is 0 Å². The van der Waals surface area contributed by atoms with E-state index >= 15 is 0 Å². The quantitative estimate of drug-likeness (QED) is 0.537. The second-order valence-corrected chi connectivity index (χ2v) is 6.29. The number of hydrogen-bond donors (Lipinski definition) is 0. The molecule has 0 bridgehead atoms. The van der Waals surface area contributed by atoms with Crippen molar-refractivity contribution in [2.75, 3.05) is 6.61 Å². The van der Waals surface area contributed by atoms with E-state index in [-0.39, 0.29) is 29.4 Å². The summed E-state index contributed by atoms with van der Waals surface area (Å²) in [4.78, 5) is 39.1. The fourth-order valence-corrected chi connectivity index (χ4v) is 3.64. The number of carbonyl (C=O) groups excluding carboxylic acids is 3. The summed E-state index contributed by atoms with van der Waals surface area (Å²) in [6, 6.07) is 16.0. The molecule has 27 heavy (non-hydrogen) atoms. The van der Waals surface area contributed by atoms with Crippen LogP contribution in [0.4, 0.5) is 4.79 Å². The number of rotatable bonds is 2. The van der Waals surface area contributed by atoms with Crippen molar-refractivity contribution in [2.45, 2.75) is 13.8 Å². The van der Waals surface area contributed by atoms with E-state index in [4.69, 9.17) is 4.74 Å². The smallest absolute Gasteiger partial charge is 0.418 e. The van der Waals surface area contributed by atoms with Gasteiger partial charge in [-0.2, -0.15) is 0 Å². The average Bonchev–Trinajstić information content (AvgIpc) is 3.00. The Morgan fingerprint density at radius 3 is 2.11 bits per heavy atom. The van der Waals surface area contributed by atoms with Crippen LogP contribution >= 0.6 is 0 Å². The molecule has 0 atom stereocenters. The van der Waals surface area contributed by atoms with Gasteiger partial charge in [0.05, 0.1) is 12.2 Å². The van der Waals surface area contributed by atoms with E-state index in [1.54, 1.807) is 38.1 Å². The Kier molecular flexibility index (Phi) is 4.00. The molecule has 0 unspecified atom stereocenters. The molecule has 0 saturated carbocycles. The van der Waals surface area contributed by atoms with Gasteiger partial charge in [-0.3, -0.25) is 9.59 Å². The zero-order valence-electron chi connectivity index (χ0n) is 15.0. The van der Waals surface area contributed by atoms with Crippen molar-refractivity contribution >= 4 is 17.7 Å². The average molecular weight is 359 g/mol. The third kappa shape index (κ3) is 2.43. The van der Waals surface area contributed by atoms with Crippen molar-refractivity contribution in [3.63, 3.8) is 0 Å². The van der Waals surface area contributed by atoms with Crippen molar-refractivity contribution in [1.29, 1.82) is 0 Å². The topological polar surface area (TPSA) is 65.4 Å². The molecule has 134 valence electrons. The van der Waals surface area contributed by atoms with Crippen molar-refractivity contribution in [3.05, 3.63) is 82.7 Å². The predicted molar refractivity (Wildman–Crippen MR) is 100 cm³/mol. The highest BCUT2D eigenvalue weighted by Gasteiger charge is 2.39. The molecular formula is C22H17NO4. The third-order valence-corrected chi connectivity index (χ3v) is 4.78. The molecule has 0 aliphatic heterocycles. The number of hydrogen-bond acceptors (Lipinski definition) is 4. The number of ketones is 2. The van der Waals surface area contributed by atoms with E-state index in [0.29, 0.717) is 22.4 Å². The lowest BCUT2D eigenvalue weighted by atomic mass is 9.85. The molecule has 1 aromatic heterocycles. The van der Waals surface area contributed by atoms with E-state index in [2.05, 4.69) is 0 Å². The zero-order valence-corrected chi connectivity index (χ0v) is 15.0. The summed E-state index contributed by atoms with van der Waals surface area (Å²) < 4.78 is 6.39. The van der Waals surface area contributed by atoms with Crippen LogP contribution in [0.1, 0.15) is 44.6 Å².